The Morgan fingerprint density at radius 1 is 1.12 bits per heavy atom. The first-order chi connectivity index (χ1) is 12.3. The Hall–Kier alpha value is -1.52. The molecule has 1 saturated heterocycles. The average Bonchev–Trinajstić information content (AvgIpc) is 2.63. The van der Waals surface area contributed by atoms with Crippen LogP contribution in [0.4, 0.5) is 4.39 Å². The first-order valence-electron chi connectivity index (χ1n) is 7.69. The fourth-order valence-electron chi connectivity index (χ4n) is 2.64. The molecule has 7 nitrogen and oxygen atoms in total. The van der Waals surface area contributed by atoms with Gasteiger partial charge in [0.05, 0.1) is 17.9 Å². The molecule has 1 aliphatic rings. The molecular formula is C15H15Cl2FN4O3S. The minimum atomic E-state index is -3.90. The highest BCUT2D eigenvalue weighted by atomic mass is 35.5. The molecule has 0 N–H and O–H groups in total. The minimum Gasteiger partial charge on any atom is -0.282 e. The summed E-state index contributed by atoms with van der Waals surface area (Å²) in [5, 5.41) is 3.89. The van der Waals surface area contributed by atoms with Crippen LogP contribution in [0.15, 0.2) is 40.2 Å². The SMILES string of the molecule is O=c1c(Cl)c(Cl)cnn1CN1CCN(S(=O)(=O)c2ccccc2F)CC1. The van der Waals surface area contributed by atoms with Crippen molar-refractivity contribution in [2.75, 3.05) is 26.2 Å². The highest BCUT2D eigenvalue weighted by molar-refractivity contribution is 7.89. The highest BCUT2D eigenvalue weighted by Gasteiger charge is 2.30. The van der Waals surface area contributed by atoms with E-state index in [0.717, 1.165) is 10.7 Å². The maximum absolute atomic E-state index is 13.8. The summed E-state index contributed by atoms with van der Waals surface area (Å²) in [5.41, 5.74) is -0.513. The summed E-state index contributed by atoms with van der Waals surface area (Å²) in [7, 11) is -3.90. The van der Waals surface area contributed by atoms with Crippen LogP contribution in [0.2, 0.25) is 10.0 Å². The second-order valence-electron chi connectivity index (χ2n) is 5.71. The first-order valence-corrected chi connectivity index (χ1v) is 9.88. The molecule has 3 rings (SSSR count). The largest absolute Gasteiger partial charge is 0.288 e. The Morgan fingerprint density at radius 3 is 2.42 bits per heavy atom. The summed E-state index contributed by atoms with van der Waals surface area (Å²) in [5.74, 6) is -0.776. The zero-order valence-electron chi connectivity index (χ0n) is 13.5. The zero-order chi connectivity index (χ0) is 18.9. The Morgan fingerprint density at radius 2 is 1.77 bits per heavy atom. The van der Waals surface area contributed by atoms with E-state index in [1.807, 2.05) is 4.90 Å². The van der Waals surface area contributed by atoms with E-state index in [-0.39, 0.29) is 34.7 Å². The van der Waals surface area contributed by atoms with Crippen LogP contribution < -0.4 is 5.56 Å². The van der Waals surface area contributed by atoms with Crippen molar-refractivity contribution in [1.29, 1.82) is 0 Å². The number of rotatable bonds is 4. The molecule has 140 valence electrons. The predicted octanol–water partition coefficient (Wildman–Crippen LogP) is 1.65. The number of sulfonamides is 1. The van der Waals surface area contributed by atoms with Crippen molar-refractivity contribution in [3.63, 3.8) is 0 Å². The molecule has 0 amide bonds. The van der Waals surface area contributed by atoms with Gasteiger partial charge in [-0.2, -0.15) is 9.40 Å². The van der Waals surface area contributed by atoms with Gasteiger partial charge in [0.1, 0.15) is 15.7 Å². The monoisotopic (exact) mass is 420 g/mol. The second-order valence-corrected chi connectivity index (χ2v) is 8.40. The van der Waals surface area contributed by atoms with E-state index < -0.39 is 21.4 Å². The third-order valence-corrected chi connectivity index (χ3v) is 6.74. The van der Waals surface area contributed by atoms with E-state index in [9.17, 15) is 17.6 Å². The van der Waals surface area contributed by atoms with Crippen molar-refractivity contribution in [2.24, 2.45) is 0 Å². The molecule has 11 heteroatoms. The molecule has 1 aliphatic heterocycles. The second kappa shape index (κ2) is 7.61. The summed E-state index contributed by atoms with van der Waals surface area (Å²) in [6, 6.07) is 5.28. The Balaban J connectivity index is 1.69. The summed E-state index contributed by atoms with van der Waals surface area (Å²) in [6.45, 7) is 1.23. The fourth-order valence-corrected chi connectivity index (χ4v) is 4.40. The van der Waals surface area contributed by atoms with Crippen LogP contribution in [0, 0.1) is 5.82 Å². The molecule has 2 aromatic rings. The van der Waals surface area contributed by atoms with Crippen molar-refractivity contribution in [2.45, 2.75) is 11.6 Å². The topological polar surface area (TPSA) is 75.5 Å². The molecular weight excluding hydrogens is 406 g/mol. The molecule has 1 aromatic heterocycles. The summed E-state index contributed by atoms with van der Waals surface area (Å²) in [6.07, 6.45) is 1.28. The molecule has 0 bridgehead atoms. The van der Waals surface area contributed by atoms with Gasteiger partial charge in [-0.25, -0.2) is 17.5 Å². The molecule has 0 saturated carbocycles. The third kappa shape index (κ3) is 3.77. The molecule has 0 radical (unpaired) electrons. The Labute approximate surface area is 159 Å². The van der Waals surface area contributed by atoms with Crippen LogP contribution in [0.3, 0.4) is 0 Å². The number of nitrogens with zero attached hydrogens (tertiary/aromatic N) is 4. The molecule has 1 fully saturated rings. The van der Waals surface area contributed by atoms with Gasteiger partial charge in [0.15, 0.2) is 0 Å². The van der Waals surface area contributed by atoms with E-state index >= 15 is 0 Å². The lowest BCUT2D eigenvalue weighted by Gasteiger charge is -2.33. The van der Waals surface area contributed by atoms with Gasteiger partial charge in [0, 0.05) is 26.2 Å². The lowest BCUT2D eigenvalue weighted by molar-refractivity contribution is 0.142. The van der Waals surface area contributed by atoms with Gasteiger partial charge in [0.25, 0.3) is 5.56 Å². The molecule has 0 spiro atoms. The molecule has 0 unspecified atom stereocenters. The number of hydrogen-bond donors (Lipinski definition) is 0. The van der Waals surface area contributed by atoms with Crippen LogP contribution in [-0.2, 0) is 16.7 Å². The van der Waals surface area contributed by atoms with E-state index in [2.05, 4.69) is 5.10 Å². The summed E-state index contributed by atoms with van der Waals surface area (Å²) < 4.78 is 41.4. The molecule has 0 aliphatic carbocycles. The Kier molecular flexibility index (Phi) is 5.64. The van der Waals surface area contributed by atoms with E-state index in [0.29, 0.717) is 13.1 Å². The smallest absolute Gasteiger partial charge is 0.282 e. The van der Waals surface area contributed by atoms with Crippen LogP contribution in [-0.4, -0.2) is 53.6 Å². The summed E-state index contributed by atoms with van der Waals surface area (Å²) >= 11 is 11.6. The number of hydrogen-bond acceptors (Lipinski definition) is 5. The van der Waals surface area contributed by atoms with Gasteiger partial charge in [0.2, 0.25) is 10.0 Å². The van der Waals surface area contributed by atoms with Gasteiger partial charge in [-0.1, -0.05) is 35.3 Å². The first kappa shape index (κ1) is 19.2. The lowest BCUT2D eigenvalue weighted by Crippen LogP contribution is -2.50. The standard InChI is InChI=1S/C15H15Cl2FN4O3S/c16-11-9-19-22(15(23)14(11)17)10-20-5-7-21(8-6-20)26(24,25)13-4-2-1-3-12(13)18/h1-4,9H,5-8,10H2. The molecule has 26 heavy (non-hydrogen) atoms. The van der Waals surface area contributed by atoms with Crippen LogP contribution in [0.25, 0.3) is 0 Å². The fraction of sp³-hybridized carbons (Fsp3) is 0.333. The van der Waals surface area contributed by atoms with Gasteiger partial charge >= 0.3 is 0 Å². The van der Waals surface area contributed by atoms with E-state index in [4.69, 9.17) is 23.2 Å². The number of halogens is 3. The van der Waals surface area contributed by atoms with Crippen molar-refractivity contribution in [3.8, 4) is 0 Å². The van der Waals surface area contributed by atoms with E-state index in [1.165, 1.54) is 28.7 Å². The Bertz CT molecular complexity index is 975. The normalized spacial score (nSPS) is 16.7. The number of benzene rings is 1. The zero-order valence-corrected chi connectivity index (χ0v) is 15.8. The molecule has 1 aromatic carbocycles. The van der Waals surface area contributed by atoms with Gasteiger partial charge in [-0.3, -0.25) is 9.69 Å². The average molecular weight is 421 g/mol. The van der Waals surface area contributed by atoms with E-state index in [1.54, 1.807) is 0 Å². The summed E-state index contributed by atoms with van der Waals surface area (Å²) in [4.78, 5) is 13.5. The van der Waals surface area contributed by atoms with Crippen LogP contribution >= 0.6 is 23.2 Å². The van der Waals surface area contributed by atoms with Gasteiger partial charge in [-0.05, 0) is 12.1 Å². The van der Waals surface area contributed by atoms with Crippen molar-refractivity contribution >= 4 is 33.2 Å². The number of piperazine rings is 1. The van der Waals surface area contributed by atoms with Crippen LogP contribution in [0.1, 0.15) is 0 Å². The van der Waals surface area contributed by atoms with Gasteiger partial charge < -0.3 is 0 Å². The lowest BCUT2D eigenvalue weighted by atomic mass is 10.3. The maximum atomic E-state index is 13.8. The highest BCUT2D eigenvalue weighted by Crippen LogP contribution is 2.20. The third-order valence-electron chi connectivity index (χ3n) is 4.06. The van der Waals surface area contributed by atoms with Crippen molar-refractivity contribution in [1.82, 2.24) is 19.0 Å². The van der Waals surface area contributed by atoms with Crippen LogP contribution in [0.5, 0.6) is 0 Å². The quantitative estimate of drug-likeness (QED) is 0.751. The minimum absolute atomic E-state index is 0.0775. The van der Waals surface area contributed by atoms with Crippen molar-refractivity contribution in [3.05, 3.63) is 56.7 Å². The van der Waals surface area contributed by atoms with Gasteiger partial charge in [-0.15, -0.1) is 0 Å². The number of aromatic nitrogens is 2. The van der Waals surface area contributed by atoms with Crippen molar-refractivity contribution < 1.29 is 12.8 Å². The maximum Gasteiger partial charge on any atom is 0.288 e. The predicted molar refractivity (Wildman–Crippen MR) is 95.2 cm³/mol. The molecule has 0 atom stereocenters. The molecule has 2 heterocycles.